The van der Waals surface area contributed by atoms with Crippen LogP contribution in [0, 0.1) is 5.41 Å². The number of amides is 1. The fourth-order valence-corrected chi connectivity index (χ4v) is 4.48. The number of methoxy groups -OCH3 is 1. The van der Waals surface area contributed by atoms with Gasteiger partial charge in [-0.3, -0.25) is 4.79 Å². The van der Waals surface area contributed by atoms with Gasteiger partial charge in [-0.1, -0.05) is 36.4 Å². The summed E-state index contributed by atoms with van der Waals surface area (Å²) < 4.78 is 16.5. The van der Waals surface area contributed by atoms with E-state index in [1.807, 2.05) is 12.1 Å². The molecule has 2 aliphatic rings. The van der Waals surface area contributed by atoms with Crippen molar-refractivity contribution in [2.24, 2.45) is 5.41 Å². The van der Waals surface area contributed by atoms with Crippen molar-refractivity contribution in [3.63, 3.8) is 0 Å². The molecule has 1 atom stereocenters. The highest BCUT2D eigenvalue weighted by atomic mass is 16.5. The lowest BCUT2D eigenvalue weighted by Gasteiger charge is -2.36. The molecule has 30 heavy (non-hydrogen) atoms. The second kappa shape index (κ2) is 9.63. The van der Waals surface area contributed by atoms with Gasteiger partial charge in [0.2, 0.25) is 5.91 Å². The van der Waals surface area contributed by atoms with Gasteiger partial charge >= 0.3 is 0 Å². The lowest BCUT2D eigenvalue weighted by molar-refractivity contribution is -0.137. The van der Waals surface area contributed by atoms with Crippen molar-refractivity contribution >= 4 is 5.91 Å². The van der Waals surface area contributed by atoms with Gasteiger partial charge in [-0.15, -0.1) is 0 Å². The summed E-state index contributed by atoms with van der Waals surface area (Å²) in [4.78, 5) is 13.3. The Kier molecular flexibility index (Phi) is 6.70. The second-order valence-electron chi connectivity index (χ2n) is 8.34. The van der Waals surface area contributed by atoms with Gasteiger partial charge in [-0.25, -0.2) is 0 Å². The fourth-order valence-electron chi connectivity index (χ4n) is 4.48. The Morgan fingerprint density at radius 3 is 2.60 bits per heavy atom. The van der Waals surface area contributed by atoms with Gasteiger partial charge in [0, 0.05) is 26.4 Å². The summed E-state index contributed by atoms with van der Waals surface area (Å²) in [5, 5.41) is 3.18. The molecule has 2 aliphatic heterocycles. The first kappa shape index (κ1) is 20.9. The third-order valence-corrected chi connectivity index (χ3v) is 6.34. The first-order valence-electron chi connectivity index (χ1n) is 10.9. The molecule has 0 aliphatic carbocycles. The van der Waals surface area contributed by atoms with E-state index in [1.54, 1.807) is 7.11 Å². The summed E-state index contributed by atoms with van der Waals surface area (Å²) in [6.45, 7) is 2.67. The zero-order valence-corrected chi connectivity index (χ0v) is 17.7. The molecule has 5 heteroatoms. The van der Waals surface area contributed by atoms with Crippen LogP contribution in [0.25, 0.3) is 11.1 Å². The number of carbonyl (C=O) groups is 1. The van der Waals surface area contributed by atoms with Crippen molar-refractivity contribution in [3.05, 3.63) is 54.1 Å². The smallest absolute Gasteiger partial charge is 0.226 e. The summed E-state index contributed by atoms with van der Waals surface area (Å²) in [7, 11) is 1.67. The standard InChI is InChI=1S/C25H31NO4/c1-28-22-9-7-20(8-10-22)21-5-2-4-19(16-21)17-25(11-14-29-15-12-25)24(27)26-18-23-6-3-13-30-23/h2,4-5,7-10,16,23H,3,6,11-15,17-18H2,1H3,(H,26,27)/t23-/m0/s1. The Morgan fingerprint density at radius 2 is 1.90 bits per heavy atom. The highest BCUT2D eigenvalue weighted by Gasteiger charge is 2.40. The van der Waals surface area contributed by atoms with Crippen LogP contribution in [0.2, 0.25) is 0 Å². The maximum Gasteiger partial charge on any atom is 0.226 e. The predicted molar refractivity (Wildman–Crippen MR) is 117 cm³/mol. The molecule has 1 N–H and O–H groups in total. The van der Waals surface area contributed by atoms with E-state index in [-0.39, 0.29) is 12.0 Å². The number of nitrogens with one attached hydrogen (secondary N) is 1. The maximum atomic E-state index is 13.3. The van der Waals surface area contributed by atoms with Crippen LogP contribution >= 0.6 is 0 Å². The van der Waals surface area contributed by atoms with Crippen molar-refractivity contribution in [1.29, 1.82) is 0 Å². The van der Waals surface area contributed by atoms with Crippen molar-refractivity contribution in [2.45, 2.75) is 38.2 Å². The summed E-state index contributed by atoms with van der Waals surface area (Å²) in [6, 6.07) is 16.6. The largest absolute Gasteiger partial charge is 0.497 e. The monoisotopic (exact) mass is 409 g/mol. The van der Waals surface area contributed by atoms with Crippen LogP contribution < -0.4 is 10.1 Å². The summed E-state index contributed by atoms with van der Waals surface area (Å²) >= 11 is 0. The van der Waals surface area contributed by atoms with Gasteiger partial charge in [0.15, 0.2) is 0 Å². The number of hydrogen-bond donors (Lipinski definition) is 1. The van der Waals surface area contributed by atoms with E-state index in [4.69, 9.17) is 14.2 Å². The lowest BCUT2D eigenvalue weighted by Crippen LogP contribution is -2.47. The molecule has 0 bridgehead atoms. The Bertz CT molecular complexity index is 836. The van der Waals surface area contributed by atoms with Crippen LogP contribution in [-0.4, -0.2) is 45.5 Å². The number of carbonyl (C=O) groups excluding carboxylic acids is 1. The van der Waals surface area contributed by atoms with Gasteiger partial charge in [0.1, 0.15) is 5.75 Å². The molecular formula is C25H31NO4. The normalized spacial score (nSPS) is 20.6. The number of rotatable bonds is 7. The first-order valence-corrected chi connectivity index (χ1v) is 10.9. The lowest BCUT2D eigenvalue weighted by atomic mass is 9.74. The van der Waals surface area contributed by atoms with E-state index in [1.165, 1.54) is 5.56 Å². The molecule has 2 aromatic rings. The summed E-state index contributed by atoms with van der Waals surface area (Å²) in [6.07, 6.45) is 4.48. The molecule has 2 heterocycles. The molecule has 2 fully saturated rings. The average Bonchev–Trinajstić information content (AvgIpc) is 3.32. The molecule has 160 valence electrons. The van der Waals surface area contributed by atoms with Crippen molar-refractivity contribution in [2.75, 3.05) is 33.5 Å². The Hall–Kier alpha value is -2.37. The van der Waals surface area contributed by atoms with Crippen LogP contribution in [0.15, 0.2) is 48.5 Å². The van der Waals surface area contributed by atoms with Gasteiger partial charge in [0.05, 0.1) is 18.6 Å². The highest BCUT2D eigenvalue weighted by Crippen LogP contribution is 2.36. The van der Waals surface area contributed by atoms with E-state index < -0.39 is 5.41 Å². The van der Waals surface area contributed by atoms with E-state index in [9.17, 15) is 4.79 Å². The van der Waals surface area contributed by atoms with Crippen LogP contribution in [0.1, 0.15) is 31.2 Å². The molecule has 1 amide bonds. The van der Waals surface area contributed by atoms with Crippen LogP contribution in [0.5, 0.6) is 5.75 Å². The summed E-state index contributed by atoms with van der Waals surface area (Å²) in [5.41, 5.74) is 3.05. The highest BCUT2D eigenvalue weighted by molar-refractivity contribution is 5.83. The Morgan fingerprint density at radius 1 is 1.10 bits per heavy atom. The zero-order valence-electron chi connectivity index (χ0n) is 17.7. The van der Waals surface area contributed by atoms with Crippen LogP contribution in [0.4, 0.5) is 0 Å². The molecule has 0 unspecified atom stereocenters. The Labute approximate surface area is 178 Å². The van der Waals surface area contributed by atoms with E-state index >= 15 is 0 Å². The van der Waals surface area contributed by atoms with Gasteiger partial charge in [-0.05, 0) is 60.9 Å². The number of hydrogen-bond acceptors (Lipinski definition) is 4. The summed E-state index contributed by atoms with van der Waals surface area (Å²) in [5.74, 6) is 0.982. The van der Waals surface area contributed by atoms with Crippen LogP contribution in [0.3, 0.4) is 0 Å². The van der Waals surface area contributed by atoms with Crippen molar-refractivity contribution in [3.8, 4) is 16.9 Å². The molecule has 0 spiro atoms. The van der Waals surface area contributed by atoms with Crippen LogP contribution in [-0.2, 0) is 20.7 Å². The predicted octanol–water partition coefficient (Wildman–Crippen LogP) is 4.00. The third-order valence-electron chi connectivity index (χ3n) is 6.34. The quantitative estimate of drug-likeness (QED) is 0.751. The molecule has 2 aromatic carbocycles. The first-order chi connectivity index (χ1) is 14.7. The Balaban J connectivity index is 1.50. The molecule has 0 saturated carbocycles. The molecule has 0 aromatic heterocycles. The zero-order chi connectivity index (χ0) is 20.8. The minimum atomic E-state index is -0.421. The second-order valence-corrected chi connectivity index (χ2v) is 8.34. The fraction of sp³-hybridized carbons (Fsp3) is 0.480. The number of ether oxygens (including phenoxy) is 3. The van der Waals surface area contributed by atoms with Crippen molar-refractivity contribution in [1.82, 2.24) is 5.32 Å². The average molecular weight is 410 g/mol. The van der Waals surface area contributed by atoms with E-state index in [0.29, 0.717) is 19.8 Å². The maximum absolute atomic E-state index is 13.3. The molecular weight excluding hydrogens is 378 g/mol. The van der Waals surface area contributed by atoms with Crippen molar-refractivity contribution < 1.29 is 19.0 Å². The molecule has 5 nitrogen and oxygen atoms in total. The van der Waals surface area contributed by atoms with E-state index in [0.717, 1.165) is 55.6 Å². The molecule has 0 radical (unpaired) electrons. The molecule has 4 rings (SSSR count). The van der Waals surface area contributed by atoms with Gasteiger partial charge in [-0.2, -0.15) is 0 Å². The van der Waals surface area contributed by atoms with E-state index in [2.05, 4.69) is 41.7 Å². The van der Waals surface area contributed by atoms with Gasteiger partial charge < -0.3 is 19.5 Å². The van der Waals surface area contributed by atoms with Gasteiger partial charge in [0.25, 0.3) is 0 Å². The SMILES string of the molecule is COc1ccc(-c2cccc(CC3(C(=O)NC[C@@H]4CCCO4)CCOCC3)c2)cc1. The topological polar surface area (TPSA) is 56.8 Å². The minimum absolute atomic E-state index is 0.135. The molecule has 2 saturated heterocycles. The number of benzene rings is 2. The minimum Gasteiger partial charge on any atom is -0.497 e. The third kappa shape index (κ3) is 4.85.